The molecule has 0 bridgehead atoms. The lowest BCUT2D eigenvalue weighted by Crippen LogP contribution is -2.22. The Balaban J connectivity index is 0.000000429. The van der Waals surface area contributed by atoms with Crippen LogP contribution in [0.3, 0.4) is 0 Å². The SMILES string of the molecule is Nc1cc(-c2ccc3ncnc(N4CCC(O)C4)c3c2)c[nH]c1=O.SC1CC1. The molecule has 28 heavy (non-hydrogen) atoms. The first-order valence-corrected chi connectivity index (χ1v) is 9.87. The van der Waals surface area contributed by atoms with Crippen LogP contribution in [-0.2, 0) is 0 Å². The van der Waals surface area contributed by atoms with Gasteiger partial charge < -0.3 is 20.7 Å². The second-order valence-electron chi connectivity index (χ2n) is 7.22. The number of rotatable bonds is 2. The van der Waals surface area contributed by atoms with E-state index in [1.54, 1.807) is 18.6 Å². The number of anilines is 2. The summed E-state index contributed by atoms with van der Waals surface area (Å²) >= 11 is 4.08. The molecule has 7 nitrogen and oxygen atoms in total. The van der Waals surface area contributed by atoms with Gasteiger partial charge in [-0.1, -0.05) is 6.07 Å². The number of benzene rings is 1. The van der Waals surface area contributed by atoms with Gasteiger partial charge in [-0.25, -0.2) is 9.97 Å². The third-order valence-electron chi connectivity index (χ3n) is 4.89. The summed E-state index contributed by atoms with van der Waals surface area (Å²) in [5.74, 6) is 0.816. The molecule has 1 atom stereocenters. The highest BCUT2D eigenvalue weighted by Gasteiger charge is 2.23. The summed E-state index contributed by atoms with van der Waals surface area (Å²) in [6.07, 6.45) is 6.30. The molecule has 0 radical (unpaired) electrons. The lowest BCUT2D eigenvalue weighted by Gasteiger charge is -2.18. The number of pyridine rings is 1. The fraction of sp³-hybridized carbons (Fsp3) is 0.350. The summed E-state index contributed by atoms with van der Waals surface area (Å²) in [6, 6.07) is 7.50. The maximum Gasteiger partial charge on any atom is 0.271 e. The molecule has 8 heteroatoms. The maximum atomic E-state index is 11.4. The van der Waals surface area contributed by atoms with Gasteiger partial charge in [-0.3, -0.25) is 4.79 Å². The summed E-state index contributed by atoms with van der Waals surface area (Å²) in [4.78, 5) is 24.9. The van der Waals surface area contributed by atoms with E-state index >= 15 is 0 Å². The Bertz CT molecular complexity index is 1050. The van der Waals surface area contributed by atoms with Gasteiger partial charge >= 0.3 is 0 Å². The second kappa shape index (κ2) is 7.81. The molecule has 4 N–H and O–H groups in total. The Morgan fingerprint density at radius 2 is 1.96 bits per heavy atom. The second-order valence-corrected chi connectivity index (χ2v) is 7.95. The normalized spacial score (nSPS) is 18.8. The highest BCUT2D eigenvalue weighted by Crippen LogP contribution is 2.30. The Labute approximate surface area is 168 Å². The summed E-state index contributed by atoms with van der Waals surface area (Å²) < 4.78 is 0. The molecule has 1 unspecified atom stereocenters. The highest BCUT2D eigenvalue weighted by atomic mass is 32.1. The van der Waals surface area contributed by atoms with Crippen LogP contribution in [0, 0.1) is 0 Å². The monoisotopic (exact) mass is 397 g/mol. The molecule has 5 rings (SSSR count). The van der Waals surface area contributed by atoms with Crippen LogP contribution in [0.1, 0.15) is 19.3 Å². The molecule has 1 saturated heterocycles. The molecule has 146 valence electrons. The first kappa shape index (κ1) is 18.8. The van der Waals surface area contributed by atoms with Crippen molar-refractivity contribution in [1.29, 1.82) is 0 Å². The van der Waals surface area contributed by atoms with E-state index < -0.39 is 0 Å². The zero-order valence-electron chi connectivity index (χ0n) is 15.4. The molecule has 2 aliphatic rings. The summed E-state index contributed by atoms with van der Waals surface area (Å²) in [7, 11) is 0. The Morgan fingerprint density at radius 3 is 2.61 bits per heavy atom. The number of nitrogens with two attached hydrogens (primary N) is 1. The quantitative estimate of drug-likeness (QED) is 0.494. The van der Waals surface area contributed by atoms with Crippen LogP contribution in [0.5, 0.6) is 0 Å². The largest absolute Gasteiger partial charge is 0.394 e. The molecule has 0 spiro atoms. The number of nitrogens with one attached hydrogen (secondary N) is 1. The van der Waals surface area contributed by atoms with E-state index in [9.17, 15) is 9.90 Å². The zero-order valence-corrected chi connectivity index (χ0v) is 16.3. The third-order valence-corrected chi connectivity index (χ3v) is 5.41. The number of β-amino-alcohol motifs (C(OH)–C–C–N with tert-alkyl or cyclic N) is 1. The van der Waals surface area contributed by atoms with Crippen LogP contribution in [-0.4, -0.2) is 44.5 Å². The van der Waals surface area contributed by atoms with E-state index in [1.165, 1.54) is 12.8 Å². The van der Waals surface area contributed by atoms with E-state index in [-0.39, 0.29) is 17.4 Å². The van der Waals surface area contributed by atoms with Crippen LogP contribution < -0.4 is 16.2 Å². The van der Waals surface area contributed by atoms with Gasteiger partial charge in [0.2, 0.25) is 0 Å². The number of nitrogen functional groups attached to an aromatic ring is 1. The fourth-order valence-electron chi connectivity index (χ4n) is 3.15. The van der Waals surface area contributed by atoms with Crippen molar-refractivity contribution < 1.29 is 5.11 Å². The van der Waals surface area contributed by atoms with Gasteiger partial charge in [0, 0.05) is 35.5 Å². The van der Waals surface area contributed by atoms with Crippen LogP contribution in [0.15, 0.2) is 41.6 Å². The van der Waals surface area contributed by atoms with E-state index in [4.69, 9.17) is 5.73 Å². The van der Waals surface area contributed by atoms with E-state index in [0.29, 0.717) is 6.54 Å². The summed E-state index contributed by atoms with van der Waals surface area (Å²) in [6.45, 7) is 1.34. The molecule has 1 saturated carbocycles. The molecule has 1 aromatic carbocycles. The number of hydrogen-bond acceptors (Lipinski definition) is 7. The van der Waals surface area contributed by atoms with E-state index in [0.717, 1.165) is 46.1 Å². The van der Waals surface area contributed by atoms with E-state index in [2.05, 4.69) is 32.5 Å². The molecule has 2 fully saturated rings. The first-order chi connectivity index (χ1) is 13.5. The maximum absolute atomic E-state index is 11.4. The number of hydrogen-bond donors (Lipinski definition) is 4. The number of H-pyrrole nitrogens is 1. The number of nitrogens with zero attached hydrogens (tertiary/aromatic N) is 3. The molecule has 0 amide bonds. The summed E-state index contributed by atoms with van der Waals surface area (Å²) in [5, 5.41) is 11.5. The minimum atomic E-state index is -0.322. The highest BCUT2D eigenvalue weighted by molar-refractivity contribution is 7.81. The zero-order chi connectivity index (χ0) is 19.7. The Hall–Kier alpha value is -2.58. The molecule has 2 aromatic heterocycles. The van der Waals surface area contributed by atoms with Crippen molar-refractivity contribution in [1.82, 2.24) is 15.0 Å². The predicted octanol–water partition coefficient (Wildman–Crippen LogP) is 2.22. The lowest BCUT2D eigenvalue weighted by molar-refractivity contribution is 0.198. The molecule has 3 heterocycles. The predicted molar refractivity (Wildman–Crippen MR) is 115 cm³/mol. The minimum absolute atomic E-state index is 0.180. The average Bonchev–Trinajstić information content (AvgIpc) is 3.36. The number of aliphatic hydroxyl groups is 1. The molecule has 1 aliphatic heterocycles. The topological polar surface area (TPSA) is 108 Å². The van der Waals surface area contributed by atoms with Crippen LogP contribution in [0.2, 0.25) is 0 Å². The first-order valence-electron chi connectivity index (χ1n) is 9.35. The number of aromatic amines is 1. The number of thiol groups is 1. The molecule has 1 aliphatic carbocycles. The lowest BCUT2D eigenvalue weighted by atomic mass is 10.0. The third kappa shape index (κ3) is 4.13. The van der Waals surface area contributed by atoms with Crippen molar-refractivity contribution in [2.45, 2.75) is 30.6 Å². The van der Waals surface area contributed by atoms with Crippen molar-refractivity contribution in [3.05, 3.63) is 47.1 Å². The van der Waals surface area contributed by atoms with Gasteiger partial charge in [-0.15, -0.1) is 0 Å². The van der Waals surface area contributed by atoms with E-state index in [1.807, 2.05) is 18.2 Å². The standard InChI is InChI=1S/C17H17N5O2.C3H6S/c18-14-6-11(7-19-17(14)24)10-1-2-15-13(5-10)16(21-9-20-15)22-4-3-12(23)8-22;4-3-1-2-3/h1-2,5-7,9,12,23H,3-4,8,18H2,(H,19,24);3-4H,1-2H2. The fourth-order valence-corrected chi connectivity index (χ4v) is 3.30. The van der Waals surface area contributed by atoms with Gasteiger partial charge in [0.05, 0.1) is 17.3 Å². The molecular formula is C20H23N5O2S. The number of fused-ring (bicyclic) bond motifs is 1. The Kier molecular flexibility index (Phi) is 5.23. The van der Waals surface area contributed by atoms with Crippen molar-refractivity contribution in [3.63, 3.8) is 0 Å². The summed E-state index contributed by atoms with van der Waals surface area (Å²) in [5.41, 5.74) is 8.17. The van der Waals surface area contributed by atoms with Crippen molar-refractivity contribution in [2.75, 3.05) is 23.7 Å². The molecular weight excluding hydrogens is 374 g/mol. The molecule has 3 aromatic rings. The Morgan fingerprint density at radius 1 is 1.18 bits per heavy atom. The van der Waals surface area contributed by atoms with Crippen LogP contribution >= 0.6 is 12.6 Å². The van der Waals surface area contributed by atoms with Crippen molar-refractivity contribution in [2.24, 2.45) is 0 Å². The number of aliphatic hydroxyl groups excluding tert-OH is 1. The van der Waals surface area contributed by atoms with Gasteiger partial charge in [0.25, 0.3) is 5.56 Å². The van der Waals surface area contributed by atoms with Crippen molar-refractivity contribution in [3.8, 4) is 11.1 Å². The smallest absolute Gasteiger partial charge is 0.271 e. The number of aromatic nitrogens is 3. The van der Waals surface area contributed by atoms with Gasteiger partial charge in [0.15, 0.2) is 0 Å². The van der Waals surface area contributed by atoms with Crippen LogP contribution in [0.25, 0.3) is 22.0 Å². The van der Waals surface area contributed by atoms with Gasteiger partial charge in [-0.05, 0) is 43.0 Å². The minimum Gasteiger partial charge on any atom is -0.394 e. The van der Waals surface area contributed by atoms with Gasteiger partial charge in [0.1, 0.15) is 12.1 Å². The van der Waals surface area contributed by atoms with Gasteiger partial charge in [-0.2, -0.15) is 12.6 Å². The van der Waals surface area contributed by atoms with Crippen molar-refractivity contribution >= 4 is 35.0 Å². The average molecular weight is 398 g/mol. The van der Waals surface area contributed by atoms with Crippen LogP contribution in [0.4, 0.5) is 11.5 Å².